The molecule has 0 aromatic rings. The van der Waals surface area contributed by atoms with Gasteiger partial charge in [-0.25, -0.2) is 0 Å². The van der Waals surface area contributed by atoms with E-state index in [1.807, 2.05) is 0 Å². The second-order valence-corrected chi connectivity index (χ2v) is 10.8. The first-order valence-corrected chi connectivity index (χ1v) is 13.5. The summed E-state index contributed by atoms with van der Waals surface area (Å²) in [5, 5.41) is 0.387. The smallest absolute Gasteiger partial charge is 0.188 e. The van der Waals surface area contributed by atoms with Crippen molar-refractivity contribution in [1.29, 1.82) is 0 Å². The van der Waals surface area contributed by atoms with Crippen molar-refractivity contribution in [2.45, 2.75) is 117 Å². The lowest BCUT2D eigenvalue weighted by Gasteiger charge is -2.21. The Morgan fingerprint density at radius 2 is 1.54 bits per heavy atom. The molecule has 24 heavy (non-hydrogen) atoms. The van der Waals surface area contributed by atoms with Crippen LogP contribution < -0.4 is 0 Å². The summed E-state index contributed by atoms with van der Waals surface area (Å²) in [5.41, 5.74) is 0. The summed E-state index contributed by atoms with van der Waals surface area (Å²) in [6.07, 6.45) is 13.4. The molecule has 4 heteroatoms. The third-order valence-electron chi connectivity index (χ3n) is 4.44. The van der Waals surface area contributed by atoms with Crippen LogP contribution in [0.4, 0.5) is 0 Å². The molecule has 2 nitrogen and oxygen atoms in total. The van der Waals surface area contributed by atoms with E-state index in [1.54, 1.807) is 0 Å². The van der Waals surface area contributed by atoms with E-state index >= 15 is 0 Å². The second-order valence-electron chi connectivity index (χ2n) is 7.03. The van der Waals surface area contributed by atoms with Crippen molar-refractivity contribution in [2.24, 2.45) is 0 Å². The molecule has 0 saturated carbocycles. The minimum atomic E-state index is -0.995. The SMILES string of the molecule is CCCCCCC(=O)SCCCC(C)O[SiH](CCCC)CCCC. The first-order chi connectivity index (χ1) is 11.6. The van der Waals surface area contributed by atoms with E-state index in [4.69, 9.17) is 4.43 Å². The maximum Gasteiger partial charge on any atom is 0.188 e. The summed E-state index contributed by atoms with van der Waals surface area (Å²) in [5.74, 6) is 0.969. The topological polar surface area (TPSA) is 26.3 Å². The molecule has 0 aliphatic heterocycles. The minimum Gasteiger partial charge on any atom is -0.417 e. The Morgan fingerprint density at radius 1 is 0.917 bits per heavy atom. The van der Waals surface area contributed by atoms with Crippen LogP contribution >= 0.6 is 11.8 Å². The van der Waals surface area contributed by atoms with Crippen LogP contribution in [0, 0.1) is 0 Å². The van der Waals surface area contributed by atoms with E-state index in [-0.39, 0.29) is 0 Å². The van der Waals surface area contributed by atoms with E-state index in [9.17, 15) is 4.79 Å². The van der Waals surface area contributed by atoms with Crippen molar-refractivity contribution < 1.29 is 9.22 Å². The van der Waals surface area contributed by atoms with Crippen LogP contribution in [0.3, 0.4) is 0 Å². The molecule has 0 aromatic carbocycles. The quantitative estimate of drug-likeness (QED) is 0.209. The lowest BCUT2D eigenvalue weighted by atomic mass is 10.2. The van der Waals surface area contributed by atoms with Crippen LogP contribution in [0.2, 0.25) is 12.1 Å². The zero-order valence-electron chi connectivity index (χ0n) is 16.8. The summed E-state index contributed by atoms with van der Waals surface area (Å²) in [6.45, 7) is 8.98. The minimum absolute atomic E-state index is 0.385. The number of carbonyl (C=O) groups excluding carboxylic acids is 1. The van der Waals surface area contributed by atoms with Crippen molar-refractivity contribution in [3.8, 4) is 0 Å². The first kappa shape index (κ1) is 24.2. The fraction of sp³-hybridized carbons (Fsp3) is 0.950. The molecular weight excluding hydrogens is 332 g/mol. The van der Waals surface area contributed by atoms with Gasteiger partial charge in [0, 0.05) is 18.3 Å². The van der Waals surface area contributed by atoms with Gasteiger partial charge in [0.1, 0.15) is 0 Å². The fourth-order valence-electron chi connectivity index (χ4n) is 2.87. The van der Waals surface area contributed by atoms with Gasteiger partial charge in [-0.05, 0) is 38.3 Å². The molecule has 0 radical (unpaired) electrons. The highest BCUT2D eigenvalue weighted by molar-refractivity contribution is 8.13. The van der Waals surface area contributed by atoms with Crippen LogP contribution in [-0.2, 0) is 9.22 Å². The van der Waals surface area contributed by atoms with Gasteiger partial charge >= 0.3 is 0 Å². The third kappa shape index (κ3) is 15.7. The van der Waals surface area contributed by atoms with E-state index < -0.39 is 9.04 Å². The van der Waals surface area contributed by atoms with Crippen LogP contribution in [0.15, 0.2) is 0 Å². The van der Waals surface area contributed by atoms with Gasteiger partial charge < -0.3 is 4.43 Å². The lowest BCUT2D eigenvalue weighted by molar-refractivity contribution is -0.111. The molecule has 0 aliphatic carbocycles. The van der Waals surface area contributed by atoms with Crippen LogP contribution in [0.1, 0.15) is 98.3 Å². The van der Waals surface area contributed by atoms with Gasteiger partial charge in [0.25, 0.3) is 0 Å². The number of hydrogen-bond donors (Lipinski definition) is 0. The Labute approximate surface area is 157 Å². The molecule has 0 aromatic heterocycles. The Bertz CT molecular complexity index is 279. The highest BCUT2D eigenvalue weighted by Gasteiger charge is 2.15. The highest BCUT2D eigenvalue weighted by Crippen LogP contribution is 2.17. The molecule has 0 saturated heterocycles. The Morgan fingerprint density at radius 3 is 2.12 bits per heavy atom. The summed E-state index contributed by atoms with van der Waals surface area (Å²) >= 11 is 1.54. The maximum atomic E-state index is 11.8. The summed E-state index contributed by atoms with van der Waals surface area (Å²) in [7, 11) is -0.995. The Hall–Kier alpha value is 0.197. The molecule has 1 atom stereocenters. The second kappa shape index (κ2) is 18.0. The maximum absolute atomic E-state index is 11.8. The van der Waals surface area contributed by atoms with E-state index in [1.165, 1.54) is 68.8 Å². The molecule has 0 fully saturated rings. The van der Waals surface area contributed by atoms with E-state index in [2.05, 4.69) is 27.7 Å². The standard InChI is InChI=1S/C20H42O2SSi/c1-5-8-11-12-15-20(21)23-16-13-14-19(4)22-24(17-9-6-2)18-10-7-3/h19,24H,5-18H2,1-4H3. The predicted octanol–water partition coefficient (Wildman–Crippen LogP) is 6.73. The molecule has 0 amide bonds. The highest BCUT2D eigenvalue weighted by atomic mass is 32.2. The van der Waals surface area contributed by atoms with Crippen molar-refractivity contribution in [2.75, 3.05) is 5.75 Å². The van der Waals surface area contributed by atoms with Gasteiger partial charge in [-0.2, -0.15) is 0 Å². The molecule has 0 spiro atoms. The average molecular weight is 375 g/mol. The van der Waals surface area contributed by atoms with Crippen molar-refractivity contribution in [3.63, 3.8) is 0 Å². The normalized spacial score (nSPS) is 12.7. The Kier molecular flexibility index (Phi) is 18.1. The van der Waals surface area contributed by atoms with Crippen LogP contribution in [0.5, 0.6) is 0 Å². The van der Waals surface area contributed by atoms with Gasteiger partial charge in [-0.1, -0.05) is 77.5 Å². The predicted molar refractivity (Wildman–Crippen MR) is 113 cm³/mol. The van der Waals surface area contributed by atoms with Gasteiger partial charge in [0.05, 0.1) is 0 Å². The molecule has 0 aliphatic rings. The number of thioether (sulfide) groups is 1. The fourth-order valence-corrected chi connectivity index (χ4v) is 6.77. The van der Waals surface area contributed by atoms with Crippen LogP contribution in [0.25, 0.3) is 0 Å². The van der Waals surface area contributed by atoms with Crippen molar-refractivity contribution in [1.82, 2.24) is 0 Å². The largest absolute Gasteiger partial charge is 0.417 e. The number of carbonyl (C=O) groups is 1. The zero-order chi connectivity index (χ0) is 18.0. The van der Waals surface area contributed by atoms with E-state index in [0.717, 1.165) is 31.4 Å². The third-order valence-corrected chi connectivity index (χ3v) is 8.41. The zero-order valence-corrected chi connectivity index (χ0v) is 18.8. The van der Waals surface area contributed by atoms with Crippen LogP contribution in [-0.4, -0.2) is 26.0 Å². The first-order valence-electron chi connectivity index (χ1n) is 10.4. The van der Waals surface area contributed by atoms with Gasteiger partial charge in [-0.15, -0.1) is 0 Å². The number of hydrogen-bond acceptors (Lipinski definition) is 3. The summed E-state index contributed by atoms with van der Waals surface area (Å²) < 4.78 is 6.40. The molecule has 144 valence electrons. The number of rotatable bonds is 17. The monoisotopic (exact) mass is 374 g/mol. The summed E-state index contributed by atoms with van der Waals surface area (Å²) in [6, 6.07) is 2.68. The molecule has 0 bridgehead atoms. The molecule has 0 heterocycles. The molecular formula is C20H42O2SSi. The van der Waals surface area contributed by atoms with E-state index in [0.29, 0.717) is 11.2 Å². The van der Waals surface area contributed by atoms with Gasteiger partial charge in [-0.3, -0.25) is 4.79 Å². The molecule has 0 rings (SSSR count). The number of unbranched alkanes of at least 4 members (excludes halogenated alkanes) is 5. The molecule has 1 unspecified atom stereocenters. The Balaban J connectivity index is 3.73. The average Bonchev–Trinajstić information content (AvgIpc) is 2.58. The van der Waals surface area contributed by atoms with Crippen molar-refractivity contribution in [3.05, 3.63) is 0 Å². The summed E-state index contributed by atoms with van der Waals surface area (Å²) in [4.78, 5) is 11.8. The van der Waals surface area contributed by atoms with Crippen molar-refractivity contribution >= 4 is 25.9 Å². The molecule has 0 N–H and O–H groups in total. The van der Waals surface area contributed by atoms with Gasteiger partial charge in [0.2, 0.25) is 0 Å². The van der Waals surface area contributed by atoms with Gasteiger partial charge in [0.15, 0.2) is 14.2 Å². The lowest BCUT2D eigenvalue weighted by Crippen LogP contribution is -2.24.